The van der Waals surface area contributed by atoms with Gasteiger partial charge in [-0.2, -0.15) is 0 Å². The Morgan fingerprint density at radius 1 is 1.07 bits per heavy atom. The Balaban J connectivity index is 1.41. The zero-order valence-corrected chi connectivity index (χ0v) is 17.1. The quantitative estimate of drug-likeness (QED) is 0.801. The van der Waals surface area contributed by atoms with Crippen molar-refractivity contribution < 1.29 is 9.59 Å². The standard InChI is InChI=1S/C22H23ClN2O2S/c23-17-9-7-15(8-10-17)22(27)25-12-3-4-16(14-25)21(26)24-19-11-13-28-20-6-2-1-5-18(19)20/h1-2,5-10,16,19H,3-4,11-14H2,(H,24,26)/t16-,19+/m1/s1. The highest BCUT2D eigenvalue weighted by molar-refractivity contribution is 7.99. The van der Waals surface area contributed by atoms with Crippen molar-refractivity contribution in [2.75, 3.05) is 18.8 Å². The maximum atomic E-state index is 13.0. The van der Waals surface area contributed by atoms with Crippen LogP contribution in [0, 0.1) is 5.92 Å². The third kappa shape index (κ3) is 4.20. The molecule has 1 saturated heterocycles. The molecule has 2 atom stereocenters. The molecule has 0 saturated carbocycles. The molecule has 0 bridgehead atoms. The predicted molar refractivity (Wildman–Crippen MR) is 113 cm³/mol. The summed E-state index contributed by atoms with van der Waals surface area (Å²) in [5.41, 5.74) is 1.82. The summed E-state index contributed by atoms with van der Waals surface area (Å²) in [4.78, 5) is 28.8. The van der Waals surface area contributed by atoms with Gasteiger partial charge in [0, 0.05) is 34.3 Å². The minimum Gasteiger partial charge on any atom is -0.349 e. The first-order chi connectivity index (χ1) is 13.6. The SMILES string of the molecule is O=C(N[C@H]1CCSc2ccccc21)[C@@H]1CCCN(C(=O)c2ccc(Cl)cc2)C1. The number of likely N-dealkylation sites (tertiary alicyclic amines) is 1. The van der Waals surface area contributed by atoms with Gasteiger partial charge in [-0.25, -0.2) is 0 Å². The van der Waals surface area contributed by atoms with Crippen molar-refractivity contribution in [3.05, 3.63) is 64.7 Å². The fourth-order valence-electron chi connectivity index (χ4n) is 3.93. The molecule has 6 heteroatoms. The van der Waals surface area contributed by atoms with Gasteiger partial charge in [0.1, 0.15) is 0 Å². The van der Waals surface area contributed by atoms with Crippen LogP contribution in [0.4, 0.5) is 0 Å². The van der Waals surface area contributed by atoms with E-state index < -0.39 is 0 Å². The fraction of sp³-hybridized carbons (Fsp3) is 0.364. The zero-order valence-electron chi connectivity index (χ0n) is 15.6. The van der Waals surface area contributed by atoms with Crippen LogP contribution in [0.25, 0.3) is 0 Å². The molecule has 0 unspecified atom stereocenters. The summed E-state index contributed by atoms with van der Waals surface area (Å²) in [7, 11) is 0. The summed E-state index contributed by atoms with van der Waals surface area (Å²) >= 11 is 7.76. The van der Waals surface area contributed by atoms with Gasteiger partial charge < -0.3 is 10.2 Å². The van der Waals surface area contributed by atoms with Crippen molar-refractivity contribution >= 4 is 35.2 Å². The molecule has 0 spiro atoms. The number of carbonyl (C=O) groups is 2. The molecular weight excluding hydrogens is 392 g/mol. The Morgan fingerprint density at radius 3 is 2.68 bits per heavy atom. The number of hydrogen-bond donors (Lipinski definition) is 1. The number of carbonyl (C=O) groups excluding carboxylic acids is 2. The molecule has 1 fully saturated rings. The van der Waals surface area contributed by atoms with Gasteiger partial charge in [-0.1, -0.05) is 29.8 Å². The first kappa shape index (κ1) is 19.3. The van der Waals surface area contributed by atoms with Crippen molar-refractivity contribution in [3.63, 3.8) is 0 Å². The van der Waals surface area contributed by atoms with E-state index >= 15 is 0 Å². The van der Waals surface area contributed by atoms with Crippen LogP contribution in [0.3, 0.4) is 0 Å². The van der Waals surface area contributed by atoms with E-state index in [4.69, 9.17) is 11.6 Å². The highest BCUT2D eigenvalue weighted by Gasteiger charge is 2.31. The van der Waals surface area contributed by atoms with Crippen LogP contribution >= 0.6 is 23.4 Å². The van der Waals surface area contributed by atoms with E-state index in [2.05, 4.69) is 17.4 Å². The zero-order chi connectivity index (χ0) is 19.5. The van der Waals surface area contributed by atoms with Gasteiger partial charge in [0.2, 0.25) is 5.91 Å². The van der Waals surface area contributed by atoms with Gasteiger partial charge in [0.15, 0.2) is 0 Å². The van der Waals surface area contributed by atoms with Gasteiger partial charge in [-0.15, -0.1) is 11.8 Å². The highest BCUT2D eigenvalue weighted by Crippen LogP contribution is 2.36. The van der Waals surface area contributed by atoms with E-state index in [1.54, 1.807) is 29.2 Å². The number of nitrogens with zero attached hydrogens (tertiary/aromatic N) is 1. The second kappa shape index (κ2) is 8.58. The van der Waals surface area contributed by atoms with Crippen LogP contribution < -0.4 is 5.32 Å². The van der Waals surface area contributed by atoms with Crippen LogP contribution in [0.15, 0.2) is 53.4 Å². The molecular formula is C22H23ClN2O2S. The Morgan fingerprint density at radius 2 is 1.86 bits per heavy atom. The van der Waals surface area contributed by atoms with Gasteiger partial charge in [-0.05, 0) is 55.2 Å². The average Bonchev–Trinajstić information content (AvgIpc) is 2.74. The summed E-state index contributed by atoms with van der Waals surface area (Å²) in [5, 5.41) is 3.85. The summed E-state index contributed by atoms with van der Waals surface area (Å²) in [5.74, 6) is 0.869. The molecule has 2 amide bonds. The lowest BCUT2D eigenvalue weighted by Gasteiger charge is -2.34. The molecule has 0 aliphatic carbocycles. The minimum absolute atomic E-state index is 0.0337. The summed E-state index contributed by atoms with van der Waals surface area (Å²) in [6, 6.07) is 15.3. The number of halogens is 1. The number of piperidine rings is 1. The number of amides is 2. The normalized spacial score (nSPS) is 21.7. The lowest BCUT2D eigenvalue weighted by molar-refractivity contribution is -0.127. The van der Waals surface area contributed by atoms with E-state index in [1.165, 1.54) is 10.5 Å². The molecule has 2 aliphatic heterocycles. The third-order valence-corrected chi connectivity index (χ3v) is 6.82. The minimum atomic E-state index is -0.160. The number of benzene rings is 2. The number of rotatable bonds is 3. The van der Waals surface area contributed by atoms with Crippen LogP contribution in [-0.4, -0.2) is 35.6 Å². The van der Waals surface area contributed by atoms with Crippen molar-refractivity contribution in [3.8, 4) is 0 Å². The maximum Gasteiger partial charge on any atom is 0.253 e. The summed E-state index contributed by atoms with van der Waals surface area (Å²) in [6.07, 6.45) is 2.60. The fourth-order valence-corrected chi connectivity index (χ4v) is 5.18. The van der Waals surface area contributed by atoms with Crippen LogP contribution in [0.2, 0.25) is 5.02 Å². The van der Waals surface area contributed by atoms with Gasteiger partial charge >= 0.3 is 0 Å². The Kier molecular flexibility index (Phi) is 5.93. The topological polar surface area (TPSA) is 49.4 Å². The molecule has 2 aliphatic rings. The number of fused-ring (bicyclic) bond motifs is 1. The second-order valence-corrected chi connectivity index (χ2v) is 8.91. The highest BCUT2D eigenvalue weighted by atomic mass is 35.5. The summed E-state index contributed by atoms with van der Waals surface area (Å²) < 4.78 is 0. The first-order valence-corrected chi connectivity index (χ1v) is 11.0. The van der Waals surface area contributed by atoms with Crippen molar-refractivity contribution in [2.24, 2.45) is 5.92 Å². The molecule has 0 radical (unpaired) electrons. The number of hydrogen-bond acceptors (Lipinski definition) is 3. The average molecular weight is 415 g/mol. The largest absolute Gasteiger partial charge is 0.349 e. The lowest BCUT2D eigenvalue weighted by Crippen LogP contribution is -2.46. The van der Waals surface area contributed by atoms with Gasteiger partial charge in [-0.3, -0.25) is 9.59 Å². The summed E-state index contributed by atoms with van der Waals surface area (Å²) in [6.45, 7) is 1.16. The lowest BCUT2D eigenvalue weighted by atomic mass is 9.95. The Hall–Kier alpha value is -1.98. The molecule has 2 heterocycles. The molecule has 4 rings (SSSR count). The molecule has 146 valence electrons. The molecule has 0 aromatic heterocycles. The van der Waals surface area contributed by atoms with E-state index in [1.807, 2.05) is 23.9 Å². The monoisotopic (exact) mass is 414 g/mol. The van der Waals surface area contributed by atoms with Crippen molar-refractivity contribution in [1.29, 1.82) is 0 Å². The molecule has 28 heavy (non-hydrogen) atoms. The van der Waals surface area contributed by atoms with E-state index in [9.17, 15) is 9.59 Å². The molecule has 2 aromatic rings. The van der Waals surface area contributed by atoms with Crippen LogP contribution in [-0.2, 0) is 4.79 Å². The Labute approximate surface area is 174 Å². The molecule has 4 nitrogen and oxygen atoms in total. The van der Waals surface area contributed by atoms with E-state index in [-0.39, 0.29) is 23.8 Å². The number of thioether (sulfide) groups is 1. The molecule has 2 aromatic carbocycles. The molecule has 1 N–H and O–H groups in total. The van der Waals surface area contributed by atoms with Crippen LogP contribution in [0.5, 0.6) is 0 Å². The third-order valence-electron chi connectivity index (χ3n) is 5.45. The predicted octanol–water partition coefficient (Wildman–Crippen LogP) is 4.55. The van der Waals surface area contributed by atoms with E-state index in [0.29, 0.717) is 23.7 Å². The maximum absolute atomic E-state index is 13.0. The first-order valence-electron chi connectivity index (χ1n) is 9.69. The van der Waals surface area contributed by atoms with Gasteiger partial charge in [0.25, 0.3) is 5.91 Å². The Bertz CT molecular complexity index is 871. The smallest absolute Gasteiger partial charge is 0.253 e. The van der Waals surface area contributed by atoms with Crippen molar-refractivity contribution in [1.82, 2.24) is 10.2 Å². The van der Waals surface area contributed by atoms with E-state index in [0.717, 1.165) is 25.0 Å². The van der Waals surface area contributed by atoms with Gasteiger partial charge in [0.05, 0.1) is 12.0 Å². The van der Waals surface area contributed by atoms with Crippen molar-refractivity contribution in [2.45, 2.75) is 30.2 Å². The second-order valence-electron chi connectivity index (χ2n) is 7.33. The number of nitrogens with one attached hydrogen (secondary N) is 1. The van der Waals surface area contributed by atoms with Crippen LogP contribution in [0.1, 0.15) is 41.2 Å².